The van der Waals surface area contributed by atoms with Gasteiger partial charge in [-0.15, -0.1) is 0 Å². The minimum Gasteiger partial charge on any atom is -0.381 e. The highest BCUT2D eigenvalue weighted by Gasteiger charge is 2.41. The van der Waals surface area contributed by atoms with Crippen LogP contribution in [-0.4, -0.2) is 16.5 Å². The van der Waals surface area contributed by atoms with Crippen LogP contribution in [0.1, 0.15) is 76.1 Å². The lowest BCUT2D eigenvalue weighted by molar-refractivity contribution is -0.0121. The number of Topliss-reactive ketones (excluding diaryl/α,β-unsaturated/α-hetero) is 1. The van der Waals surface area contributed by atoms with Crippen LogP contribution >= 0.6 is 0 Å². The highest BCUT2D eigenvalue weighted by atomic mass is 16.3. The number of aliphatic hydroxyl groups is 1. The molecule has 21 heavy (non-hydrogen) atoms. The van der Waals surface area contributed by atoms with E-state index < -0.39 is 5.60 Å². The largest absolute Gasteiger partial charge is 0.381 e. The Morgan fingerprint density at radius 3 is 2.00 bits per heavy atom. The van der Waals surface area contributed by atoms with Gasteiger partial charge in [0.05, 0.1) is 0 Å². The summed E-state index contributed by atoms with van der Waals surface area (Å²) in [5.41, 5.74) is -0.592. The Balaban J connectivity index is 2.98. The van der Waals surface area contributed by atoms with Gasteiger partial charge in [-0.25, -0.2) is 0 Å². The van der Waals surface area contributed by atoms with Crippen molar-refractivity contribution in [1.82, 2.24) is 0 Å². The number of rotatable bonds is 10. The van der Waals surface area contributed by atoms with E-state index in [1.165, 1.54) is 0 Å². The monoisotopic (exact) mass is 290 g/mol. The van der Waals surface area contributed by atoms with Gasteiger partial charge in [0, 0.05) is 5.56 Å². The molecule has 0 bridgehead atoms. The van der Waals surface area contributed by atoms with E-state index in [2.05, 4.69) is 13.8 Å². The van der Waals surface area contributed by atoms with Crippen molar-refractivity contribution in [2.45, 2.75) is 71.3 Å². The Hall–Kier alpha value is -1.15. The Bertz CT molecular complexity index is 405. The summed E-state index contributed by atoms with van der Waals surface area (Å²) in [6.45, 7) is 6.23. The van der Waals surface area contributed by atoms with E-state index in [9.17, 15) is 9.90 Å². The van der Waals surface area contributed by atoms with Crippen LogP contribution in [0.15, 0.2) is 30.3 Å². The normalized spacial score (nSPS) is 14.1. The van der Waals surface area contributed by atoms with Crippen LogP contribution in [0.25, 0.3) is 0 Å². The van der Waals surface area contributed by atoms with E-state index in [0.717, 1.165) is 38.5 Å². The SMILES string of the molecule is CCCCC(CCCC)C(O)(CC)C(=O)c1ccccc1. The van der Waals surface area contributed by atoms with Crippen molar-refractivity contribution in [2.24, 2.45) is 5.92 Å². The number of hydrogen-bond donors (Lipinski definition) is 1. The number of carbonyl (C=O) groups excluding carboxylic acids is 1. The molecule has 0 aromatic heterocycles. The van der Waals surface area contributed by atoms with Gasteiger partial charge in [-0.2, -0.15) is 0 Å². The summed E-state index contributed by atoms with van der Waals surface area (Å²) in [6.07, 6.45) is 6.68. The molecule has 118 valence electrons. The topological polar surface area (TPSA) is 37.3 Å². The van der Waals surface area contributed by atoms with E-state index in [1.807, 2.05) is 25.1 Å². The van der Waals surface area contributed by atoms with E-state index in [4.69, 9.17) is 0 Å². The first kappa shape index (κ1) is 17.9. The molecule has 0 radical (unpaired) electrons. The first-order valence-electron chi connectivity index (χ1n) is 8.42. The van der Waals surface area contributed by atoms with Crippen LogP contribution in [0.5, 0.6) is 0 Å². The molecule has 0 heterocycles. The summed E-state index contributed by atoms with van der Waals surface area (Å²) in [5, 5.41) is 11.1. The molecule has 0 spiro atoms. The summed E-state index contributed by atoms with van der Waals surface area (Å²) in [6, 6.07) is 9.22. The van der Waals surface area contributed by atoms with Gasteiger partial charge in [-0.3, -0.25) is 4.79 Å². The fourth-order valence-corrected chi connectivity index (χ4v) is 3.00. The van der Waals surface area contributed by atoms with Crippen molar-refractivity contribution in [1.29, 1.82) is 0 Å². The first-order chi connectivity index (χ1) is 10.1. The van der Waals surface area contributed by atoms with Gasteiger partial charge in [0.2, 0.25) is 0 Å². The Morgan fingerprint density at radius 1 is 1.05 bits per heavy atom. The Labute approximate surface area is 129 Å². The summed E-state index contributed by atoms with van der Waals surface area (Å²) in [7, 11) is 0. The van der Waals surface area contributed by atoms with Crippen molar-refractivity contribution < 1.29 is 9.90 Å². The molecule has 0 amide bonds. The average Bonchev–Trinajstić information content (AvgIpc) is 2.54. The third-order valence-corrected chi connectivity index (χ3v) is 4.46. The number of hydrogen-bond acceptors (Lipinski definition) is 2. The van der Waals surface area contributed by atoms with Crippen LogP contribution in [0.4, 0.5) is 0 Å². The molecule has 0 saturated carbocycles. The molecule has 1 aromatic rings. The molecule has 0 aliphatic rings. The molecule has 1 aromatic carbocycles. The number of unbranched alkanes of at least 4 members (excludes halogenated alkanes) is 2. The van der Waals surface area contributed by atoms with E-state index in [0.29, 0.717) is 12.0 Å². The Kier molecular flexibility index (Phi) is 7.66. The average molecular weight is 290 g/mol. The van der Waals surface area contributed by atoms with Crippen molar-refractivity contribution in [3.05, 3.63) is 35.9 Å². The van der Waals surface area contributed by atoms with Gasteiger partial charge in [0.1, 0.15) is 5.60 Å². The van der Waals surface area contributed by atoms with Crippen LogP contribution in [-0.2, 0) is 0 Å². The van der Waals surface area contributed by atoms with Gasteiger partial charge in [0.15, 0.2) is 5.78 Å². The Morgan fingerprint density at radius 2 is 1.57 bits per heavy atom. The minimum absolute atomic E-state index is 0.0649. The maximum absolute atomic E-state index is 12.8. The lowest BCUT2D eigenvalue weighted by Gasteiger charge is -2.34. The summed E-state index contributed by atoms with van der Waals surface area (Å²) in [5.74, 6) is -0.0436. The molecule has 2 nitrogen and oxygen atoms in total. The van der Waals surface area contributed by atoms with Crippen LogP contribution in [0, 0.1) is 5.92 Å². The quantitative estimate of drug-likeness (QED) is 0.615. The molecular weight excluding hydrogens is 260 g/mol. The standard InChI is InChI=1S/C19H30O2/c1-4-7-14-17(15-8-5-2)19(21,6-3)18(20)16-12-10-9-11-13-16/h9-13,17,21H,4-8,14-15H2,1-3H3. The highest BCUT2D eigenvalue weighted by molar-refractivity contribution is 6.02. The van der Waals surface area contributed by atoms with E-state index in [-0.39, 0.29) is 11.7 Å². The lowest BCUT2D eigenvalue weighted by atomic mass is 9.74. The zero-order chi connectivity index (χ0) is 15.7. The van der Waals surface area contributed by atoms with Gasteiger partial charge in [-0.05, 0) is 25.2 Å². The third-order valence-electron chi connectivity index (χ3n) is 4.46. The van der Waals surface area contributed by atoms with Crippen LogP contribution < -0.4 is 0 Å². The zero-order valence-electron chi connectivity index (χ0n) is 13.8. The van der Waals surface area contributed by atoms with Crippen LogP contribution in [0.3, 0.4) is 0 Å². The van der Waals surface area contributed by atoms with Gasteiger partial charge >= 0.3 is 0 Å². The van der Waals surface area contributed by atoms with E-state index in [1.54, 1.807) is 12.1 Å². The third kappa shape index (κ3) is 4.67. The molecule has 2 heteroatoms. The van der Waals surface area contributed by atoms with Crippen LogP contribution in [0.2, 0.25) is 0 Å². The molecule has 0 fully saturated rings. The highest BCUT2D eigenvalue weighted by Crippen LogP contribution is 2.33. The number of benzene rings is 1. The van der Waals surface area contributed by atoms with Crippen molar-refractivity contribution in [3.8, 4) is 0 Å². The molecule has 0 saturated heterocycles. The van der Waals surface area contributed by atoms with Gasteiger partial charge in [-0.1, -0.05) is 76.8 Å². The predicted molar refractivity (Wildman–Crippen MR) is 88.6 cm³/mol. The second-order valence-corrected chi connectivity index (χ2v) is 5.95. The predicted octanol–water partition coefficient (Wildman–Crippen LogP) is 5.01. The molecule has 0 aliphatic heterocycles. The second kappa shape index (κ2) is 8.99. The smallest absolute Gasteiger partial charge is 0.194 e. The summed E-state index contributed by atoms with van der Waals surface area (Å²) < 4.78 is 0. The van der Waals surface area contributed by atoms with E-state index >= 15 is 0 Å². The molecular formula is C19H30O2. The molecule has 1 N–H and O–H groups in total. The lowest BCUT2D eigenvalue weighted by Crippen LogP contribution is -2.45. The minimum atomic E-state index is -1.22. The van der Waals surface area contributed by atoms with Crippen molar-refractivity contribution >= 4 is 5.78 Å². The molecule has 1 atom stereocenters. The van der Waals surface area contributed by atoms with Gasteiger partial charge in [0.25, 0.3) is 0 Å². The zero-order valence-corrected chi connectivity index (χ0v) is 13.8. The summed E-state index contributed by atoms with van der Waals surface area (Å²) >= 11 is 0. The molecule has 0 aliphatic carbocycles. The number of ketones is 1. The summed E-state index contributed by atoms with van der Waals surface area (Å²) in [4.78, 5) is 12.8. The van der Waals surface area contributed by atoms with Gasteiger partial charge < -0.3 is 5.11 Å². The number of carbonyl (C=O) groups is 1. The molecule has 1 rings (SSSR count). The second-order valence-electron chi connectivity index (χ2n) is 5.95. The molecule has 1 unspecified atom stereocenters. The van der Waals surface area contributed by atoms with Crippen molar-refractivity contribution in [3.63, 3.8) is 0 Å². The maximum atomic E-state index is 12.8. The van der Waals surface area contributed by atoms with Crippen molar-refractivity contribution in [2.75, 3.05) is 0 Å². The maximum Gasteiger partial charge on any atom is 0.194 e. The fraction of sp³-hybridized carbons (Fsp3) is 0.632. The first-order valence-corrected chi connectivity index (χ1v) is 8.42. The fourth-order valence-electron chi connectivity index (χ4n) is 3.00.